The number of nitrogens with zero attached hydrogens (tertiary/aromatic N) is 4. The molecule has 0 atom stereocenters. The summed E-state index contributed by atoms with van der Waals surface area (Å²) >= 11 is 5.00. The van der Waals surface area contributed by atoms with E-state index in [0.29, 0.717) is 10.3 Å². The molecule has 2 aromatic heterocycles. The van der Waals surface area contributed by atoms with Crippen molar-refractivity contribution in [2.75, 3.05) is 14.1 Å². The third-order valence-electron chi connectivity index (χ3n) is 2.29. The van der Waals surface area contributed by atoms with Crippen LogP contribution in [-0.2, 0) is 4.79 Å². The number of amides is 1. The maximum absolute atomic E-state index is 10.6. The van der Waals surface area contributed by atoms with Gasteiger partial charge >= 0.3 is 5.97 Å². The Hall–Kier alpha value is -2.29. The highest BCUT2D eigenvalue weighted by atomic mass is 32.1. The van der Waals surface area contributed by atoms with Crippen molar-refractivity contribution in [3.05, 3.63) is 22.2 Å². The molecule has 0 unspecified atom stereocenters. The van der Waals surface area contributed by atoms with Crippen LogP contribution < -0.4 is 0 Å². The predicted molar refractivity (Wildman–Crippen MR) is 74.2 cm³/mol. The van der Waals surface area contributed by atoms with Crippen LogP contribution in [0.15, 0.2) is 6.07 Å². The minimum atomic E-state index is -1.14. The third kappa shape index (κ3) is 3.85. The Labute approximate surface area is 120 Å². The zero-order valence-electron chi connectivity index (χ0n) is 11.5. The molecule has 0 aliphatic heterocycles. The van der Waals surface area contributed by atoms with Crippen LogP contribution >= 0.6 is 12.2 Å². The number of fused-ring (bicyclic) bond motifs is 1. The number of carboxylic acids is 1. The number of carbonyl (C=O) groups is 2. The van der Waals surface area contributed by atoms with E-state index in [9.17, 15) is 9.59 Å². The first-order valence-electron chi connectivity index (χ1n) is 5.60. The number of nitrogens with one attached hydrogen (secondary N) is 1. The number of aromatic nitrogens is 4. The summed E-state index contributed by atoms with van der Waals surface area (Å²) in [7, 11) is 3.45. The Bertz CT molecular complexity index is 704. The number of H-pyrrole nitrogens is 1. The average molecular weight is 297 g/mol. The van der Waals surface area contributed by atoms with Crippen LogP contribution in [0.2, 0.25) is 0 Å². The van der Waals surface area contributed by atoms with Gasteiger partial charge in [0.1, 0.15) is 4.64 Å². The van der Waals surface area contributed by atoms with E-state index in [0.717, 1.165) is 0 Å². The molecule has 8 nitrogen and oxygen atoms in total. The number of carbonyl (C=O) groups excluding carboxylic acids is 1. The summed E-state index contributed by atoms with van der Waals surface area (Å²) in [4.78, 5) is 30.0. The Morgan fingerprint density at radius 1 is 1.40 bits per heavy atom. The second-order valence-corrected chi connectivity index (χ2v) is 4.58. The van der Waals surface area contributed by atoms with Crippen LogP contribution in [0, 0.1) is 11.6 Å². The van der Waals surface area contributed by atoms with E-state index in [1.54, 1.807) is 27.1 Å². The zero-order chi connectivity index (χ0) is 15.4. The second kappa shape index (κ2) is 6.24. The number of rotatable bonds is 1. The van der Waals surface area contributed by atoms with Gasteiger partial charge in [-0.15, -0.1) is 0 Å². The standard InChI is InChI=1S/C7H6N4O2S.C4H9NO/c1-3-2-4(14)11-7(8-3)9-5(10-11)6(12)13;1-4(6)5(2)3/h2H,1H3,(H,12,13)(H,8,9,10);1-3H3. The summed E-state index contributed by atoms with van der Waals surface area (Å²) < 4.78 is 1.80. The number of hydrogen-bond acceptors (Lipinski definition) is 5. The van der Waals surface area contributed by atoms with Gasteiger partial charge in [-0.05, 0) is 13.0 Å². The van der Waals surface area contributed by atoms with Gasteiger partial charge in [0.15, 0.2) is 0 Å². The predicted octanol–water partition coefficient (Wildman–Crippen LogP) is 0.888. The highest BCUT2D eigenvalue weighted by Crippen LogP contribution is 2.02. The van der Waals surface area contributed by atoms with Crippen molar-refractivity contribution >= 4 is 29.9 Å². The molecule has 9 heteroatoms. The van der Waals surface area contributed by atoms with Gasteiger partial charge in [0, 0.05) is 26.7 Å². The molecule has 2 rings (SSSR count). The first kappa shape index (κ1) is 15.8. The molecule has 0 saturated heterocycles. The molecule has 0 aromatic carbocycles. The smallest absolute Gasteiger partial charge is 0.373 e. The molecule has 0 fully saturated rings. The van der Waals surface area contributed by atoms with Gasteiger partial charge in [0.2, 0.25) is 11.7 Å². The molecule has 2 N–H and O–H groups in total. The topological polar surface area (TPSA) is 104 Å². The van der Waals surface area contributed by atoms with Crippen molar-refractivity contribution in [2.24, 2.45) is 0 Å². The summed E-state index contributed by atoms with van der Waals surface area (Å²) in [6.07, 6.45) is 0. The Kier molecular flexibility index (Phi) is 4.92. The normalized spacial score (nSPS) is 9.80. The number of aryl methyl sites for hydroxylation is 1. The lowest BCUT2D eigenvalue weighted by Gasteiger charge is -2.02. The molecule has 0 spiro atoms. The van der Waals surface area contributed by atoms with E-state index in [2.05, 4.69) is 15.1 Å². The molecule has 20 heavy (non-hydrogen) atoms. The lowest BCUT2D eigenvalue weighted by molar-refractivity contribution is -0.126. The SMILES string of the molecule is CC(=O)N(C)C.Cc1cc(=S)n2[nH]c(C(=O)O)nc2n1. The van der Waals surface area contributed by atoms with Gasteiger partial charge in [-0.1, -0.05) is 12.2 Å². The first-order valence-corrected chi connectivity index (χ1v) is 6.00. The number of aromatic carboxylic acids is 1. The molecule has 108 valence electrons. The van der Waals surface area contributed by atoms with E-state index < -0.39 is 5.97 Å². The molecule has 0 saturated carbocycles. The minimum absolute atomic E-state index is 0.0926. The fourth-order valence-corrected chi connectivity index (χ4v) is 1.39. The van der Waals surface area contributed by atoms with Crippen LogP contribution in [0.5, 0.6) is 0 Å². The zero-order valence-corrected chi connectivity index (χ0v) is 12.4. The monoisotopic (exact) mass is 297 g/mol. The van der Waals surface area contributed by atoms with Crippen molar-refractivity contribution in [1.29, 1.82) is 0 Å². The van der Waals surface area contributed by atoms with Crippen molar-refractivity contribution in [1.82, 2.24) is 24.5 Å². The van der Waals surface area contributed by atoms with Crippen LogP contribution in [0.1, 0.15) is 23.2 Å². The highest BCUT2D eigenvalue weighted by Gasteiger charge is 2.10. The van der Waals surface area contributed by atoms with Crippen LogP contribution in [0.25, 0.3) is 5.78 Å². The number of aromatic amines is 1. The van der Waals surface area contributed by atoms with Gasteiger partial charge in [0.05, 0.1) is 0 Å². The van der Waals surface area contributed by atoms with E-state index in [-0.39, 0.29) is 17.5 Å². The van der Waals surface area contributed by atoms with Crippen LogP contribution in [0.3, 0.4) is 0 Å². The molecule has 0 bridgehead atoms. The third-order valence-corrected chi connectivity index (χ3v) is 2.59. The molecule has 1 amide bonds. The Morgan fingerprint density at radius 2 is 1.95 bits per heavy atom. The quantitative estimate of drug-likeness (QED) is 0.758. The molecule has 2 heterocycles. The summed E-state index contributed by atoms with van der Waals surface area (Å²) in [5, 5.41) is 11.2. The van der Waals surface area contributed by atoms with E-state index in [1.165, 1.54) is 16.3 Å². The lowest BCUT2D eigenvalue weighted by atomic mass is 10.5. The average Bonchev–Trinajstić information content (AvgIpc) is 2.73. The molecular weight excluding hydrogens is 282 g/mol. The fraction of sp³-hybridized carbons (Fsp3) is 0.364. The summed E-state index contributed by atoms with van der Waals surface area (Å²) in [5.74, 6) is -0.945. The Morgan fingerprint density at radius 3 is 2.40 bits per heavy atom. The Balaban J connectivity index is 0.000000286. The van der Waals surface area contributed by atoms with E-state index in [1.807, 2.05) is 0 Å². The first-order chi connectivity index (χ1) is 9.22. The largest absolute Gasteiger partial charge is 0.475 e. The van der Waals surface area contributed by atoms with Crippen molar-refractivity contribution < 1.29 is 14.7 Å². The maximum Gasteiger partial charge on any atom is 0.373 e. The van der Waals surface area contributed by atoms with Crippen molar-refractivity contribution in [2.45, 2.75) is 13.8 Å². The van der Waals surface area contributed by atoms with E-state index in [4.69, 9.17) is 17.3 Å². The lowest BCUT2D eigenvalue weighted by Crippen LogP contribution is -2.17. The molecule has 0 aliphatic rings. The highest BCUT2D eigenvalue weighted by molar-refractivity contribution is 7.71. The van der Waals surface area contributed by atoms with Gasteiger partial charge < -0.3 is 10.0 Å². The number of hydrogen-bond donors (Lipinski definition) is 2. The maximum atomic E-state index is 10.6. The van der Waals surface area contributed by atoms with Gasteiger partial charge in [0.25, 0.3) is 5.78 Å². The van der Waals surface area contributed by atoms with Crippen LogP contribution in [-0.4, -0.2) is 55.6 Å². The van der Waals surface area contributed by atoms with Crippen molar-refractivity contribution in [3.63, 3.8) is 0 Å². The van der Waals surface area contributed by atoms with Crippen LogP contribution in [0.4, 0.5) is 0 Å². The second-order valence-electron chi connectivity index (χ2n) is 4.16. The molecule has 0 aliphatic carbocycles. The van der Waals surface area contributed by atoms with Gasteiger partial charge in [-0.2, -0.15) is 4.98 Å². The fourth-order valence-electron chi connectivity index (χ4n) is 1.09. The molecule has 2 aromatic rings. The summed E-state index contributed by atoms with van der Waals surface area (Å²) in [6, 6.07) is 1.66. The molecule has 0 radical (unpaired) electrons. The van der Waals surface area contributed by atoms with E-state index >= 15 is 0 Å². The molecular formula is C11H15N5O3S. The number of carboxylic acid groups (broad SMARTS) is 1. The summed E-state index contributed by atoms with van der Waals surface area (Å²) in [5.41, 5.74) is 0.707. The van der Waals surface area contributed by atoms with Crippen molar-refractivity contribution in [3.8, 4) is 0 Å². The minimum Gasteiger partial charge on any atom is -0.475 e. The van der Waals surface area contributed by atoms with Gasteiger partial charge in [-0.25, -0.2) is 14.3 Å². The summed E-state index contributed by atoms with van der Waals surface area (Å²) in [6.45, 7) is 3.30. The van der Waals surface area contributed by atoms with Gasteiger partial charge in [-0.3, -0.25) is 9.89 Å².